The van der Waals surface area contributed by atoms with Crippen molar-refractivity contribution in [1.29, 1.82) is 0 Å². The Hall–Kier alpha value is -4.04. The molecule has 170 valence electrons. The van der Waals surface area contributed by atoms with Gasteiger partial charge in [-0.05, 0) is 82.6 Å². The van der Waals surface area contributed by atoms with Crippen LogP contribution in [0, 0.1) is 13.8 Å². The van der Waals surface area contributed by atoms with Crippen molar-refractivity contribution >= 4 is 24.3 Å². The van der Waals surface area contributed by atoms with Crippen molar-refractivity contribution in [2.24, 2.45) is 0 Å². The van der Waals surface area contributed by atoms with Gasteiger partial charge in [-0.3, -0.25) is 0 Å². The van der Waals surface area contributed by atoms with E-state index in [0.29, 0.717) is 0 Å². The Morgan fingerprint density at radius 1 is 0.471 bits per heavy atom. The molecule has 0 bridgehead atoms. The molecule has 2 nitrogen and oxygen atoms in total. The Bertz CT molecular complexity index is 1210. The molecule has 0 aliphatic heterocycles. The number of methoxy groups -OCH3 is 2. The third-order valence-corrected chi connectivity index (χ3v) is 6.02. The lowest BCUT2D eigenvalue weighted by atomic mass is 10.0. The van der Waals surface area contributed by atoms with Crippen LogP contribution in [0.4, 0.5) is 0 Å². The summed E-state index contributed by atoms with van der Waals surface area (Å²) in [5.74, 6) is 1.77. The van der Waals surface area contributed by atoms with Crippen LogP contribution in [0.15, 0.2) is 84.9 Å². The number of hydrogen-bond donors (Lipinski definition) is 0. The first-order chi connectivity index (χ1) is 16.6. The highest BCUT2D eigenvalue weighted by Crippen LogP contribution is 2.24. The van der Waals surface area contributed by atoms with Gasteiger partial charge in [0.1, 0.15) is 11.5 Å². The molecule has 0 radical (unpaired) electrons. The van der Waals surface area contributed by atoms with E-state index in [9.17, 15) is 0 Å². The molecular formula is C32H30O2. The number of hydrogen-bond acceptors (Lipinski definition) is 2. The summed E-state index contributed by atoms with van der Waals surface area (Å²) in [7, 11) is 3.39. The highest BCUT2D eigenvalue weighted by atomic mass is 16.5. The van der Waals surface area contributed by atoms with E-state index in [1.807, 2.05) is 12.1 Å². The molecule has 0 atom stereocenters. The molecule has 0 heterocycles. The zero-order valence-corrected chi connectivity index (χ0v) is 20.2. The maximum Gasteiger partial charge on any atom is 0.119 e. The molecule has 2 heteroatoms. The third-order valence-electron chi connectivity index (χ3n) is 6.02. The fourth-order valence-electron chi connectivity index (χ4n) is 3.87. The molecule has 0 amide bonds. The number of aryl methyl sites for hydroxylation is 2. The summed E-state index contributed by atoms with van der Waals surface area (Å²) in [6, 6.07) is 29.6. The van der Waals surface area contributed by atoms with Gasteiger partial charge in [-0.25, -0.2) is 0 Å². The minimum absolute atomic E-state index is 0.886. The molecule has 0 aliphatic carbocycles. The maximum atomic E-state index is 5.29. The molecule has 4 aromatic rings. The normalized spacial score (nSPS) is 11.3. The molecule has 0 saturated heterocycles. The summed E-state index contributed by atoms with van der Waals surface area (Å²) in [6.07, 6.45) is 8.59. The largest absolute Gasteiger partial charge is 0.497 e. The van der Waals surface area contributed by atoms with Crippen LogP contribution in [0.25, 0.3) is 35.4 Å². The average molecular weight is 447 g/mol. The fraction of sp³-hybridized carbons (Fsp3) is 0.125. The van der Waals surface area contributed by atoms with Crippen molar-refractivity contribution in [3.63, 3.8) is 0 Å². The molecule has 0 unspecified atom stereocenters. The minimum Gasteiger partial charge on any atom is -0.497 e. The Morgan fingerprint density at radius 2 is 0.853 bits per heavy atom. The van der Waals surface area contributed by atoms with E-state index in [0.717, 1.165) is 11.5 Å². The number of ether oxygens (including phenoxy) is 2. The van der Waals surface area contributed by atoms with E-state index < -0.39 is 0 Å². The van der Waals surface area contributed by atoms with E-state index in [2.05, 4.69) is 111 Å². The summed E-state index contributed by atoms with van der Waals surface area (Å²) in [5, 5.41) is 0. The van der Waals surface area contributed by atoms with Gasteiger partial charge in [-0.1, -0.05) is 85.0 Å². The Labute approximate surface area is 202 Å². The van der Waals surface area contributed by atoms with Crippen LogP contribution in [0.2, 0.25) is 0 Å². The van der Waals surface area contributed by atoms with Crippen molar-refractivity contribution < 1.29 is 9.47 Å². The molecule has 0 fully saturated rings. The third kappa shape index (κ3) is 5.65. The van der Waals surface area contributed by atoms with E-state index in [1.54, 1.807) is 14.2 Å². The van der Waals surface area contributed by atoms with Crippen LogP contribution in [-0.4, -0.2) is 14.2 Å². The van der Waals surface area contributed by atoms with Gasteiger partial charge < -0.3 is 9.47 Å². The van der Waals surface area contributed by atoms with Crippen molar-refractivity contribution in [2.75, 3.05) is 14.2 Å². The van der Waals surface area contributed by atoms with Crippen LogP contribution in [-0.2, 0) is 0 Å². The Balaban J connectivity index is 1.43. The molecule has 4 rings (SSSR count). The Morgan fingerprint density at radius 3 is 1.18 bits per heavy atom. The quantitative estimate of drug-likeness (QED) is 0.266. The first-order valence-electron chi connectivity index (χ1n) is 11.4. The zero-order chi connectivity index (χ0) is 23.9. The van der Waals surface area contributed by atoms with Gasteiger partial charge in [0.25, 0.3) is 0 Å². The first kappa shape index (κ1) is 23.1. The summed E-state index contributed by atoms with van der Waals surface area (Å²) in [6.45, 7) is 4.20. The van der Waals surface area contributed by atoms with Gasteiger partial charge >= 0.3 is 0 Å². The first-order valence-corrected chi connectivity index (χ1v) is 11.4. The van der Waals surface area contributed by atoms with Crippen LogP contribution >= 0.6 is 0 Å². The smallest absolute Gasteiger partial charge is 0.119 e. The summed E-state index contributed by atoms with van der Waals surface area (Å²) >= 11 is 0. The molecule has 0 saturated carbocycles. The van der Waals surface area contributed by atoms with Gasteiger partial charge in [0.05, 0.1) is 14.2 Å². The van der Waals surface area contributed by atoms with Crippen molar-refractivity contribution in [1.82, 2.24) is 0 Å². The number of rotatable bonds is 7. The van der Waals surface area contributed by atoms with Crippen LogP contribution in [0.1, 0.15) is 33.4 Å². The van der Waals surface area contributed by atoms with Gasteiger partial charge in [0.2, 0.25) is 0 Å². The number of benzene rings is 4. The van der Waals surface area contributed by atoms with E-state index >= 15 is 0 Å². The monoisotopic (exact) mass is 446 g/mol. The molecule has 34 heavy (non-hydrogen) atoms. The lowest BCUT2D eigenvalue weighted by molar-refractivity contribution is 0.414. The molecular weight excluding hydrogens is 416 g/mol. The van der Waals surface area contributed by atoms with Gasteiger partial charge in [-0.15, -0.1) is 0 Å². The lowest BCUT2D eigenvalue weighted by Gasteiger charge is -2.06. The Kier molecular flexibility index (Phi) is 7.29. The van der Waals surface area contributed by atoms with Gasteiger partial charge in [0, 0.05) is 0 Å². The maximum absolute atomic E-state index is 5.29. The van der Waals surface area contributed by atoms with Crippen molar-refractivity contribution in [3.8, 4) is 22.6 Å². The van der Waals surface area contributed by atoms with E-state index in [1.165, 1.54) is 44.5 Å². The highest BCUT2D eigenvalue weighted by Gasteiger charge is 2.01. The van der Waals surface area contributed by atoms with E-state index in [-0.39, 0.29) is 0 Å². The van der Waals surface area contributed by atoms with Gasteiger partial charge in [-0.2, -0.15) is 0 Å². The highest BCUT2D eigenvalue weighted by molar-refractivity contribution is 5.75. The summed E-state index contributed by atoms with van der Waals surface area (Å²) in [5.41, 5.74) is 9.55. The van der Waals surface area contributed by atoms with Crippen molar-refractivity contribution in [2.45, 2.75) is 13.8 Å². The second-order valence-electron chi connectivity index (χ2n) is 8.36. The molecule has 0 spiro atoms. The second kappa shape index (κ2) is 10.7. The van der Waals surface area contributed by atoms with Gasteiger partial charge in [0.15, 0.2) is 0 Å². The van der Waals surface area contributed by atoms with E-state index in [4.69, 9.17) is 9.47 Å². The SMILES string of the molecule is COc1ccc(C=Cc2ccc(-c3ccc(C=Cc4ccc(OC)cc4C)cc3)cc2)c(C)c1. The summed E-state index contributed by atoms with van der Waals surface area (Å²) < 4.78 is 10.6. The predicted molar refractivity (Wildman–Crippen MR) is 145 cm³/mol. The lowest BCUT2D eigenvalue weighted by Crippen LogP contribution is -1.86. The molecule has 0 aromatic heterocycles. The zero-order valence-electron chi connectivity index (χ0n) is 20.2. The molecule has 0 aliphatic rings. The van der Waals surface area contributed by atoms with Crippen molar-refractivity contribution in [3.05, 3.63) is 118 Å². The molecule has 0 N–H and O–H groups in total. The van der Waals surface area contributed by atoms with Crippen LogP contribution in [0.3, 0.4) is 0 Å². The second-order valence-corrected chi connectivity index (χ2v) is 8.36. The molecule has 4 aromatic carbocycles. The van der Waals surface area contributed by atoms with Crippen LogP contribution < -0.4 is 9.47 Å². The minimum atomic E-state index is 0.886. The average Bonchev–Trinajstić information content (AvgIpc) is 2.88. The predicted octanol–water partition coefficient (Wildman–Crippen LogP) is 8.33. The van der Waals surface area contributed by atoms with Crippen LogP contribution in [0.5, 0.6) is 11.5 Å². The standard InChI is InChI=1S/C32H30O2/c1-23-21-31(33-3)19-17-27(23)11-5-25-7-13-29(14-8-25)30-15-9-26(10-16-30)6-12-28-18-20-32(34-4)22-24(28)2/h5-22H,1-4H3. The summed E-state index contributed by atoms with van der Waals surface area (Å²) in [4.78, 5) is 0. The topological polar surface area (TPSA) is 18.5 Å². The fourth-order valence-corrected chi connectivity index (χ4v) is 3.87.